The molecule has 140 valence electrons. The van der Waals surface area contributed by atoms with E-state index in [0.29, 0.717) is 11.4 Å². The highest BCUT2D eigenvalue weighted by atomic mass is 19.1. The van der Waals surface area contributed by atoms with Gasteiger partial charge in [0.2, 0.25) is 5.82 Å². The number of fused-ring (bicyclic) bond motifs is 1. The van der Waals surface area contributed by atoms with Gasteiger partial charge in [0.1, 0.15) is 11.6 Å². The third-order valence-corrected chi connectivity index (χ3v) is 4.44. The first kappa shape index (κ1) is 17.7. The van der Waals surface area contributed by atoms with Crippen LogP contribution in [0.25, 0.3) is 10.9 Å². The Morgan fingerprint density at radius 3 is 2.79 bits per heavy atom. The molecule has 1 amide bonds. The van der Waals surface area contributed by atoms with Crippen molar-refractivity contribution in [3.63, 3.8) is 0 Å². The van der Waals surface area contributed by atoms with E-state index >= 15 is 0 Å². The van der Waals surface area contributed by atoms with Crippen molar-refractivity contribution in [2.75, 3.05) is 0 Å². The number of nitrogens with one attached hydrogen (secondary N) is 2. The Morgan fingerprint density at radius 2 is 2.00 bits per heavy atom. The number of carbonyl (C=O) groups is 1. The lowest BCUT2D eigenvalue weighted by molar-refractivity contribution is 0.0931. The molecule has 0 radical (unpaired) electrons. The quantitative estimate of drug-likeness (QED) is 0.507. The summed E-state index contributed by atoms with van der Waals surface area (Å²) >= 11 is 0. The molecule has 1 atom stereocenters. The molecule has 0 aliphatic carbocycles. The first-order valence-corrected chi connectivity index (χ1v) is 8.68. The van der Waals surface area contributed by atoms with Crippen LogP contribution in [-0.2, 0) is 0 Å². The van der Waals surface area contributed by atoms with Crippen LogP contribution in [0.2, 0.25) is 0 Å². The van der Waals surface area contributed by atoms with Gasteiger partial charge in [0.15, 0.2) is 0 Å². The summed E-state index contributed by atoms with van der Waals surface area (Å²) in [4.78, 5) is 24.1. The maximum Gasteiger partial charge on any atom is 0.289 e. The Balaban J connectivity index is 1.79. The van der Waals surface area contributed by atoms with Crippen molar-refractivity contribution >= 4 is 16.8 Å². The summed E-state index contributed by atoms with van der Waals surface area (Å²) in [6.45, 7) is 1.76. The van der Waals surface area contributed by atoms with Crippen LogP contribution in [0.1, 0.15) is 33.6 Å². The molecule has 0 aliphatic heterocycles. The first-order chi connectivity index (χ1) is 13.5. The molecule has 7 heteroatoms. The Morgan fingerprint density at radius 1 is 1.18 bits per heavy atom. The second-order valence-corrected chi connectivity index (χ2v) is 6.44. The predicted molar refractivity (Wildman–Crippen MR) is 102 cm³/mol. The summed E-state index contributed by atoms with van der Waals surface area (Å²) in [7, 11) is 0. The van der Waals surface area contributed by atoms with E-state index in [4.69, 9.17) is 0 Å². The van der Waals surface area contributed by atoms with Gasteiger partial charge in [0, 0.05) is 28.7 Å². The molecule has 0 fully saturated rings. The number of amides is 1. The van der Waals surface area contributed by atoms with Gasteiger partial charge in [-0.15, -0.1) is 0 Å². The minimum atomic E-state index is -0.820. The molecular weight excluding hydrogens is 359 g/mol. The van der Waals surface area contributed by atoms with Crippen LogP contribution in [-0.4, -0.2) is 26.0 Å². The fourth-order valence-electron chi connectivity index (χ4n) is 3.08. The second-order valence-electron chi connectivity index (χ2n) is 6.44. The van der Waals surface area contributed by atoms with Crippen LogP contribution in [0.15, 0.2) is 60.8 Å². The van der Waals surface area contributed by atoms with Crippen LogP contribution < -0.4 is 5.32 Å². The number of para-hydroxylation sites is 1. The van der Waals surface area contributed by atoms with Crippen LogP contribution in [0, 0.1) is 12.7 Å². The number of phenols is 1. The van der Waals surface area contributed by atoms with E-state index < -0.39 is 17.8 Å². The van der Waals surface area contributed by atoms with Crippen LogP contribution >= 0.6 is 0 Å². The number of aryl methyl sites for hydroxylation is 1. The molecule has 28 heavy (non-hydrogen) atoms. The lowest BCUT2D eigenvalue weighted by Gasteiger charge is -2.19. The number of carbonyl (C=O) groups excluding carboxylic acids is 1. The van der Waals surface area contributed by atoms with E-state index in [0.717, 1.165) is 17.0 Å². The van der Waals surface area contributed by atoms with Gasteiger partial charge in [-0.25, -0.2) is 14.4 Å². The van der Waals surface area contributed by atoms with Crippen molar-refractivity contribution in [3.05, 3.63) is 89.4 Å². The number of benzene rings is 2. The SMILES string of the molecule is Cc1ccnc(C(=O)NC(c2cc3ccccc3[nH]2)c2cc(F)ccc2O)n1. The number of aromatic hydroxyl groups is 1. The van der Waals surface area contributed by atoms with E-state index in [9.17, 15) is 14.3 Å². The highest BCUT2D eigenvalue weighted by Crippen LogP contribution is 2.31. The van der Waals surface area contributed by atoms with Crippen molar-refractivity contribution in [1.82, 2.24) is 20.3 Å². The number of hydrogen-bond acceptors (Lipinski definition) is 4. The number of aromatic nitrogens is 3. The summed E-state index contributed by atoms with van der Waals surface area (Å²) in [5.41, 5.74) is 2.34. The molecule has 0 saturated heterocycles. The van der Waals surface area contributed by atoms with Gasteiger partial charge in [0.05, 0.1) is 6.04 Å². The van der Waals surface area contributed by atoms with Gasteiger partial charge in [-0.2, -0.15) is 0 Å². The molecule has 2 heterocycles. The summed E-state index contributed by atoms with van der Waals surface area (Å²) in [6.07, 6.45) is 1.49. The number of hydrogen-bond donors (Lipinski definition) is 3. The fourth-order valence-corrected chi connectivity index (χ4v) is 3.08. The molecule has 0 bridgehead atoms. The van der Waals surface area contributed by atoms with Gasteiger partial charge >= 0.3 is 0 Å². The second kappa shape index (κ2) is 7.11. The normalized spacial score (nSPS) is 12.1. The number of phenolic OH excluding ortho intramolecular Hbond substituents is 1. The van der Waals surface area contributed by atoms with Crippen LogP contribution in [0.5, 0.6) is 5.75 Å². The number of halogens is 1. The molecular formula is C21H17FN4O2. The lowest BCUT2D eigenvalue weighted by atomic mass is 10.0. The molecule has 2 aromatic heterocycles. The first-order valence-electron chi connectivity index (χ1n) is 8.68. The smallest absolute Gasteiger partial charge is 0.289 e. The van der Waals surface area contributed by atoms with Crippen molar-refractivity contribution in [2.45, 2.75) is 13.0 Å². The van der Waals surface area contributed by atoms with Gasteiger partial charge in [0.25, 0.3) is 5.91 Å². The minimum Gasteiger partial charge on any atom is -0.508 e. The molecule has 0 spiro atoms. The van der Waals surface area contributed by atoms with Crippen molar-refractivity contribution in [2.24, 2.45) is 0 Å². The van der Waals surface area contributed by atoms with E-state index in [1.54, 1.807) is 13.0 Å². The Kier molecular flexibility index (Phi) is 4.49. The average molecular weight is 376 g/mol. The largest absolute Gasteiger partial charge is 0.508 e. The zero-order valence-electron chi connectivity index (χ0n) is 15.0. The monoisotopic (exact) mass is 376 g/mol. The van der Waals surface area contributed by atoms with Gasteiger partial charge < -0.3 is 15.4 Å². The molecule has 4 rings (SSSR count). The molecule has 0 aliphatic rings. The van der Waals surface area contributed by atoms with E-state index in [1.165, 1.54) is 18.3 Å². The Labute approximate surface area is 160 Å². The minimum absolute atomic E-state index is 0.00277. The lowest BCUT2D eigenvalue weighted by Crippen LogP contribution is -2.31. The third-order valence-electron chi connectivity index (χ3n) is 4.44. The van der Waals surface area contributed by atoms with Crippen molar-refractivity contribution in [3.8, 4) is 5.75 Å². The van der Waals surface area contributed by atoms with Gasteiger partial charge in [-0.3, -0.25) is 4.79 Å². The maximum atomic E-state index is 13.9. The summed E-state index contributed by atoms with van der Waals surface area (Å²) in [6, 6.07) is 13.9. The van der Waals surface area contributed by atoms with Crippen LogP contribution in [0.3, 0.4) is 0 Å². The predicted octanol–water partition coefficient (Wildman–Crippen LogP) is 3.63. The Bertz CT molecular complexity index is 1140. The number of aromatic amines is 1. The molecule has 1 unspecified atom stereocenters. The topological polar surface area (TPSA) is 90.9 Å². The summed E-state index contributed by atoms with van der Waals surface area (Å²) in [5.74, 6) is -1.18. The zero-order chi connectivity index (χ0) is 19.7. The number of rotatable bonds is 4. The molecule has 3 N–H and O–H groups in total. The molecule has 6 nitrogen and oxygen atoms in total. The van der Waals surface area contributed by atoms with E-state index in [2.05, 4.69) is 20.3 Å². The summed E-state index contributed by atoms with van der Waals surface area (Å²) < 4.78 is 13.9. The standard InChI is InChI=1S/C21H17FN4O2/c1-12-8-9-23-20(24-12)21(28)26-19(15-11-14(22)6-7-18(15)27)17-10-13-4-2-3-5-16(13)25-17/h2-11,19,25,27H,1H3,(H,26,28). The number of nitrogens with zero attached hydrogens (tertiary/aromatic N) is 2. The van der Waals surface area contributed by atoms with Crippen molar-refractivity contribution in [1.29, 1.82) is 0 Å². The maximum absolute atomic E-state index is 13.9. The van der Waals surface area contributed by atoms with Crippen LogP contribution in [0.4, 0.5) is 4.39 Å². The zero-order valence-corrected chi connectivity index (χ0v) is 15.0. The van der Waals surface area contributed by atoms with Gasteiger partial charge in [-0.05, 0) is 48.7 Å². The Hall–Kier alpha value is -3.74. The van der Waals surface area contributed by atoms with Gasteiger partial charge in [-0.1, -0.05) is 18.2 Å². The third kappa shape index (κ3) is 3.42. The van der Waals surface area contributed by atoms with E-state index in [1.807, 2.05) is 30.3 Å². The molecule has 0 saturated carbocycles. The highest BCUT2D eigenvalue weighted by molar-refractivity contribution is 5.91. The summed E-state index contributed by atoms with van der Waals surface area (Å²) in [5, 5.41) is 14.0. The molecule has 2 aromatic carbocycles. The molecule has 4 aromatic rings. The van der Waals surface area contributed by atoms with Crippen molar-refractivity contribution < 1.29 is 14.3 Å². The average Bonchev–Trinajstić information content (AvgIpc) is 3.12. The van der Waals surface area contributed by atoms with E-state index in [-0.39, 0.29) is 17.1 Å². The number of H-pyrrole nitrogens is 1. The fraction of sp³-hybridized carbons (Fsp3) is 0.0952. The highest BCUT2D eigenvalue weighted by Gasteiger charge is 2.24.